The second-order valence-electron chi connectivity index (χ2n) is 1.84. The van der Waals surface area contributed by atoms with Crippen LogP contribution in [-0.4, -0.2) is 24.2 Å². The standard InChI is InChI=1S/C4H2N2O2S3/c7-2-1-11(8)4-3(9-2)5-10-6-4/h1H2. The maximum atomic E-state index is 11.1. The minimum Gasteiger partial charge on any atom is -0.610 e. The first kappa shape index (κ1) is 7.53. The van der Waals surface area contributed by atoms with E-state index < -0.39 is 11.2 Å². The Hall–Kier alpha value is -0.110. The Morgan fingerprint density at radius 3 is 3.18 bits per heavy atom. The van der Waals surface area contributed by atoms with Gasteiger partial charge in [0.15, 0.2) is 10.8 Å². The molecular formula is C4H2N2O2S3. The number of aromatic nitrogens is 2. The zero-order valence-electron chi connectivity index (χ0n) is 5.14. The SMILES string of the molecule is O=C1C[S+]([O-])c2nsnc2S1. The zero-order chi connectivity index (χ0) is 7.84. The van der Waals surface area contributed by atoms with Crippen molar-refractivity contribution < 1.29 is 9.35 Å². The molecule has 0 amide bonds. The lowest BCUT2D eigenvalue weighted by molar-refractivity contribution is -0.108. The summed E-state index contributed by atoms with van der Waals surface area (Å²) in [5.41, 5.74) is 0. The van der Waals surface area contributed by atoms with E-state index in [2.05, 4.69) is 8.75 Å². The van der Waals surface area contributed by atoms with Crippen LogP contribution in [0.3, 0.4) is 0 Å². The van der Waals surface area contributed by atoms with Crippen LogP contribution in [0.5, 0.6) is 0 Å². The fourth-order valence-electron chi connectivity index (χ4n) is 0.687. The molecule has 0 bridgehead atoms. The van der Waals surface area contributed by atoms with E-state index in [4.69, 9.17) is 0 Å². The lowest BCUT2D eigenvalue weighted by atomic mass is 10.9. The summed E-state index contributed by atoms with van der Waals surface area (Å²) in [6.45, 7) is 0. The Morgan fingerprint density at radius 1 is 1.55 bits per heavy atom. The molecular weight excluding hydrogens is 204 g/mol. The second-order valence-corrected chi connectivity index (χ2v) is 4.78. The van der Waals surface area contributed by atoms with Crippen molar-refractivity contribution in [3.8, 4) is 0 Å². The first-order valence-corrected chi connectivity index (χ1v) is 5.55. The van der Waals surface area contributed by atoms with Crippen molar-refractivity contribution in [3.05, 3.63) is 0 Å². The largest absolute Gasteiger partial charge is 0.610 e. The van der Waals surface area contributed by atoms with E-state index in [1.165, 1.54) is 0 Å². The molecule has 11 heavy (non-hydrogen) atoms. The van der Waals surface area contributed by atoms with Crippen LogP contribution >= 0.6 is 23.5 Å². The van der Waals surface area contributed by atoms with Gasteiger partial charge < -0.3 is 4.55 Å². The van der Waals surface area contributed by atoms with Gasteiger partial charge in [0.2, 0.25) is 5.12 Å². The van der Waals surface area contributed by atoms with Crippen LogP contribution in [0.1, 0.15) is 0 Å². The fourth-order valence-corrected chi connectivity index (χ4v) is 3.75. The predicted molar refractivity (Wildman–Crippen MR) is 42.0 cm³/mol. The van der Waals surface area contributed by atoms with Crippen LogP contribution in [0.15, 0.2) is 10.1 Å². The Labute approximate surface area is 73.9 Å². The van der Waals surface area contributed by atoms with Crippen molar-refractivity contribution in [2.75, 3.05) is 5.75 Å². The highest BCUT2D eigenvalue weighted by atomic mass is 32.2. The molecule has 1 aromatic heterocycles. The Balaban J connectivity index is 2.43. The van der Waals surface area contributed by atoms with Gasteiger partial charge in [0.25, 0.3) is 5.03 Å². The molecule has 1 aromatic rings. The lowest BCUT2D eigenvalue weighted by Crippen LogP contribution is -2.19. The topological polar surface area (TPSA) is 65.9 Å². The molecule has 0 radical (unpaired) electrons. The summed E-state index contributed by atoms with van der Waals surface area (Å²) in [6.07, 6.45) is 0. The molecule has 0 spiro atoms. The average molecular weight is 206 g/mol. The number of hydrogen-bond acceptors (Lipinski definition) is 6. The summed E-state index contributed by atoms with van der Waals surface area (Å²) in [5, 5.41) is 0.896. The van der Waals surface area contributed by atoms with Gasteiger partial charge >= 0.3 is 0 Å². The van der Waals surface area contributed by atoms with Crippen LogP contribution in [0.2, 0.25) is 0 Å². The normalized spacial score (nSPS) is 23.4. The molecule has 1 atom stereocenters. The predicted octanol–water partition coefficient (Wildman–Crippen LogP) is 0.278. The number of carbonyl (C=O) groups excluding carboxylic acids is 1. The minimum absolute atomic E-state index is 0.0725. The maximum Gasteiger partial charge on any atom is 0.291 e. The Bertz CT molecular complexity index is 299. The van der Waals surface area contributed by atoms with E-state index in [1.54, 1.807) is 0 Å². The summed E-state index contributed by atoms with van der Waals surface area (Å²) in [7, 11) is 0. The molecule has 1 aliphatic rings. The number of rotatable bonds is 0. The molecule has 4 nitrogen and oxygen atoms in total. The molecule has 0 saturated heterocycles. The monoisotopic (exact) mass is 206 g/mol. The molecule has 0 fully saturated rings. The van der Waals surface area contributed by atoms with Gasteiger partial charge in [-0.25, -0.2) is 0 Å². The van der Waals surface area contributed by atoms with E-state index in [-0.39, 0.29) is 10.9 Å². The van der Waals surface area contributed by atoms with Crippen molar-refractivity contribution in [1.29, 1.82) is 0 Å². The highest BCUT2D eigenvalue weighted by molar-refractivity contribution is 8.16. The van der Waals surface area contributed by atoms with Crippen LogP contribution in [-0.2, 0) is 16.0 Å². The molecule has 0 N–H and O–H groups in total. The maximum absolute atomic E-state index is 11.1. The highest BCUT2D eigenvalue weighted by Crippen LogP contribution is 2.31. The van der Waals surface area contributed by atoms with E-state index >= 15 is 0 Å². The summed E-state index contributed by atoms with van der Waals surface area (Å²) < 4.78 is 18.8. The summed E-state index contributed by atoms with van der Waals surface area (Å²) >= 11 is 0.774. The molecule has 58 valence electrons. The molecule has 2 heterocycles. The first-order chi connectivity index (χ1) is 5.27. The van der Waals surface area contributed by atoms with Gasteiger partial charge in [0.05, 0.1) is 11.7 Å². The van der Waals surface area contributed by atoms with Gasteiger partial charge in [-0.1, -0.05) is 0 Å². The second kappa shape index (κ2) is 2.74. The van der Waals surface area contributed by atoms with Gasteiger partial charge in [0.1, 0.15) is 0 Å². The van der Waals surface area contributed by atoms with E-state index in [9.17, 15) is 9.35 Å². The van der Waals surface area contributed by atoms with Crippen LogP contribution in [0.25, 0.3) is 0 Å². The van der Waals surface area contributed by atoms with Gasteiger partial charge in [0, 0.05) is 11.2 Å². The van der Waals surface area contributed by atoms with Crippen molar-refractivity contribution in [3.63, 3.8) is 0 Å². The summed E-state index contributed by atoms with van der Waals surface area (Å²) in [5.74, 6) is 0.0725. The quantitative estimate of drug-likeness (QED) is 0.570. The Morgan fingerprint density at radius 2 is 2.36 bits per heavy atom. The van der Waals surface area contributed by atoms with Gasteiger partial charge in [-0.05, 0) is 11.8 Å². The third-order valence-corrected chi connectivity index (χ3v) is 4.27. The van der Waals surface area contributed by atoms with Crippen LogP contribution < -0.4 is 0 Å². The summed E-state index contributed by atoms with van der Waals surface area (Å²) in [4.78, 5) is 10.8. The Kier molecular flexibility index (Phi) is 1.88. The van der Waals surface area contributed by atoms with E-state index in [0.717, 1.165) is 23.5 Å². The van der Waals surface area contributed by atoms with Gasteiger partial charge in [-0.15, -0.1) is 4.37 Å². The number of carbonyl (C=O) groups is 1. The fraction of sp³-hybridized carbons (Fsp3) is 0.250. The summed E-state index contributed by atoms with van der Waals surface area (Å²) in [6, 6.07) is 0. The number of nitrogens with zero attached hydrogens (tertiary/aromatic N) is 2. The number of thioether (sulfide) groups is 1. The van der Waals surface area contributed by atoms with Gasteiger partial charge in [-0.2, -0.15) is 4.37 Å². The first-order valence-electron chi connectivity index (χ1n) is 2.69. The number of fused-ring (bicyclic) bond motifs is 1. The lowest BCUT2D eigenvalue weighted by Gasteiger charge is -2.10. The smallest absolute Gasteiger partial charge is 0.291 e. The molecule has 0 aromatic carbocycles. The van der Waals surface area contributed by atoms with Crippen molar-refractivity contribution in [1.82, 2.24) is 8.75 Å². The molecule has 7 heteroatoms. The van der Waals surface area contributed by atoms with Gasteiger partial charge in [-0.3, -0.25) is 4.79 Å². The van der Waals surface area contributed by atoms with E-state index in [1.807, 2.05) is 0 Å². The van der Waals surface area contributed by atoms with Crippen LogP contribution in [0, 0.1) is 0 Å². The average Bonchev–Trinajstić information content (AvgIpc) is 2.34. The molecule has 0 saturated carbocycles. The van der Waals surface area contributed by atoms with Crippen LogP contribution in [0.4, 0.5) is 0 Å². The van der Waals surface area contributed by atoms with Crippen molar-refractivity contribution in [2.45, 2.75) is 10.1 Å². The zero-order valence-corrected chi connectivity index (χ0v) is 7.59. The third-order valence-electron chi connectivity index (χ3n) is 1.11. The number of hydrogen-bond donors (Lipinski definition) is 0. The molecule has 0 aliphatic carbocycles. The molecule has 2 rings (SSSR count). The minimum atomic E-state index is -1.25. The molecule has 1 aliphatic heterocycles. The molecule has 1 unspecified atom stereocenters. The van der Waals surface area contributed by atoms with Crippen molar-refractivity contribution >= 4 is 39.8 Å². The highest BCUT2D eigenvalue weighted by Gasteiger charge is 2.32. The third kappa shape index (κ3) is 1.28. The van der Waals surface area contributed by atoms with E-state index in [0.29, 0.717) is 10.1 Å². The van der Waals surface area contributed by atoms with Crippen molar-refractivity contribution in [2.24, 2.45) is 0 Å².